The molecule has 1 fully saturated rings. The zero-order chi connectivity index (χ0) is 17.3. The van der Waals surface area contributed by atoms with Crippen molar-refractivity contribution in [2.75, 3.05) is 5.32 Å². The molecule has 0 aliphatic heterocycles. The van der Waals surface area contributed by atoms with E-state index < -0.39 is 17.3 Å². The van der Waals surface area contributed by atoms with Crippen molar-refractivity contribution >= 4 is 11.6 Å². The molecule has 1 aromatic carbocycles. The summed E-state index contributed by atoms with van der Waals surface area (Å²) in [4.78, 5) is 16.2. The van der Waals surface area contributed by atoms with E-state index in [2.05, 4.69) is 10.3 Å². The monoisotopic (exact) mass is 331 g/mol. The molecule has 1 aromatic heterocycles. The van der Waals surface area contributed by atoms with Crippen LogP contribution in [0.1, 0.15) is 29.0 Å². The van der Waals surface area contributed by atoms with E-state index >= 15 is 0 Å². The van der Waals surface area contributed by atoms with Crippen LogP contribution < -0.4 is 5.32 Å². The summed E-state index contributed by atoms with van der Waals surface area (Å²) in [7, 11) is 0. The van der Waals surface area contributed by atoms with Crippen LogP contribution in [0, 0.1) is 17.2 Å². The SMILES string of the molecule is N#Cc1ccc(NC(=O)[C@@H]2C[C@@H]2c2cccnc2)cc1C(F)(F)F. The van der Waals surface area contributed by atoms with Crippen LogP contribution in [0.5, 0.6) is 0 Å². The molecule has 0 unspecified atom stereocenters. The number of rotatable bonds is 3. The van der Waals surface area contributed by atoms with Crippen LogP contribution in [0.4, 0.5) is 18.9 Å². The first-order valence-electron chi connectivity index (χ1n) is 7.22. The molecule has 1 aliphatic rings. The molecular formula is C17H12F3N3O. The molecule has 24 heavy (non-hydrogen) atoms. The summed E-state index contributed by atoms with van der Waals surface area (Å²) in [6.45, 7) is 0. The van der Waals surface area contributed by atoms with Gasteiger partial charge in [-0.2, -0.15) is 18.4 Å². The van der Waals surface area contributed by atoms with Gasteiger partial charge in [-0.1, -0.05) is 6.07 Å². The minimum Gasteiger partial charge on any atom is -0.326 e. The number of nitriles is 1. The van der Waals surface area contributed by atoms with Gasteiger partial charge in [0.15, 0.2) is 0 Å². The number of carbonyl (C=O) groups excluding carboxylic acids is 1. The zero-order valence-electron chi connectivity index (χ0n) is 12.3. The molecular weight excluding hydrogens is 319 g/mol. The highest BCUT2D eigenvalue weighted by Gasteiger charge is 2.44. The third kappa shape index (κ3) is 3.23. The molecule has 0 spiro atoms. The van der Waals surface area contributed by atoms with E-state index in [1.807, 2.05) is 6.07 Å². The van der Waals surface area contributed by atoms with Gasteiger partial charge < -0.3 is 5.32 Å². The molecule has 2 atom stereocenters. The summed E-state index contributed by atoms with van der Waals surface area (Å²) in [5.41, 5.74) is -0.556. The van der Waals surface area contributed by atoms with Crippen molar-refractivity contribution in [3.63, 3.8) is 0 Å². The van der Waals surface area contributed by atoms with Crippen molar-refractivity contribution in [1.82, 2.24) is 4.98 Å². The van der Waals surface area contributed by atoms with E-state index in [-0.39, 0.29) is 23.4 Å². The predicted octanol–water partition coefficient (Wildman–Crippen LogP) is 3.71. The fourth-order valence-corrected chi connectivity index (χ4v) is 2.64. The van der Waals surface area contributed by atoms with Crippen molar-refractivity contribution in [2.45, 2.75) is 18.5 Å². The quantitative estimate of drug-likeness (QED) is 0.932. The first kappa shape index (κ1) is 16.0. The Morgan fingerprint density at radius 3 is 2.75 bits per heavy atom. The maximum absolute atomic E-state index is 12.9. The topological polar surface area (TPSA) is 65.8 Å². The number of hydrogen-bond donors (Lipinski definition) is 1. The highest BCUT2D eigenvalue weighted by atomic mass is 19.4. The molecule has 1 N–H and O–H groups in total. The second-order valence-corrected chi connectivity index (χ2v) is 5.59. The third-order valence-electron chi connectivity index (χ3n) is 3.95. The lowest BCUT2D eigenvalue weighted by Gasteiger charge is -2.11. The number of carbonyl (C=O) groups is 1. The van der Waals surface area contributed by atoms with Crippen LogP contribution in [0.25, 0.3) is 0 Å². The number of amides is 1. The molecule has 2 aromatic rings. The maximum Gasteiger partial charge on any atom is 0.417 e. The lowest BCUT2D eigenvalue weighted by atomic mass is 10.1. The average Bonchev–Trinajstić information content (AvgIpc) is 3.35. The predicted molar refractivity (Wildman–Crippen MR) is 79.9 cm³/mol. The van der Waals surface area contributed by atoms with Gasteiger partial charge in [0.05, 0.1) is 17.2 Å². The number of alkyl halides is 3. The number of anilines is 1. The van der Waals surface area contributed by atoms with Crippen LogP contribution >= 0.6 is 0 Å². The number of nitrogens with one attached hydrogen (secondary N) is 1. The van der Waals surface area contributed by atoms with Crippen LogP contribution in [0.2, 0.25) is 0 Å². The maximum atomic E-state index is 12.9. The lowest BCUT2D eigenvalue weighted by Crippen LogP contribution is -2.16. The molecule has 0 saturated heterocycles. The summed E-state index contributed by atoms with van der Waals surface area (Å²) >= 11 is 0. The van der Waals surface area contributed by atoms with Crippen LogP contribution in [0.15, 0.2) is 42.7 Å². The van der Waals surface area contributed by atoms with Crippen molar-refractivity contribution in [1.29, 1.82) is 5.26 Å². The molecule has 3 rings (SSSR count). The van der Waals surface area contributed by atoms with Crippen LogP contribution in [0.3, 0.4) is 0 Å². The fraction of sp³-hybridized carbons (Fsp3) is 0.235. The summed E-state index contributed by atoms with van der Waals surface area (Å²) in [6.07, 6.45) is -0.693. The molecule has 4 nitrogen and oxygen atoms in total. The van der Waals surface area contributed by atoms with Crippen molar-refractivity contribution < 1.29 is 18.0 Å². The minimum atomic E-state index is -4.65. The Bertz CT molecular complexity index is 812. The number of pyridine rings is 1. The number of aromatic nitrogens is 1. The molecule has 7 heteroatoms. The molecule has 1 saturated carbocycles. The van der Waals surface area contributed by atoms with E-state index in [0.717, 1.165) is 17.7 Å². The zero-order valence-corrected chi connectivity index (χ0v) is 12.3. The largest absolute Gasteiger partial charge is 0.417 e. The fourth-order valence-electron chi connectivity index (χ4n) is 2.64. The van der Waals surface area contributed by atoms with E-state index in [0.29, 0.717) is 6.42 Å². The van der Waals surface area contributed by atoms with Gasteiger partial charge in [0.25, 0.3) is 0 Å². The van der Waals surface area contributed by atoms with Crippen molar-refractivity contribution in [3.8, 4) is 6.07 Å². The summed E-state index contributed by atoms with van der Waals surface area (Å²) in [5, 5.41) is 11.3. The molecule has 0 radical (unpaired) electrons. The van der Waals surface area contributed by atoms with E-state index in [9.17, 15) is 18.0 Å². The molecule has 1 aliphatic carbocycles. The second kappa shape index (κ2) is 5.96. The minimum absolute atomic E-state index is 0.0307. The Kier molecular flexibility index (Phi) is 3.97. The summed E-state index contributed by atoms with van der Waals surface area (Å²) in [5.74, 6) is -0.569. The van der Waals surface area contributed by atoms with Gasteiger partial charge in [0.1, 0.15) is 0 Å². The molecule has 122 valence electrons. The summed E-state index contributed by atoms with van der Waals surface area (Å²) in [6, 6.07) is 8.30. The Balaban J connectivity index is 1.73. The van der Waals surface area contributed by atoms with Gasteiger partial charge in [-0.15, -0.1) is 0 Å². The Labute approximate surface area is 135 Å². The number of nitrogens with zero attached hydrogens (tertiary/aromatic N) is 2. The van der Waals surface area contributed by atoms with Crippen LogP contribution in [-0.4, -0.2) is 10.9 Å². The smallest absolute Gasteiger partial charge is 0.326 e. The standard InChI is InChI=1S/C17H12F3N3O/c18-17(19,20)15-6-12(4-3-10(15)8-21)23-16(24)14-7-13(14)11-2-1-5-22-9-11/h1-6,9,13-14H,7H2,(H,23,24)/t13-,14-/m1/s1. The van der Waals surface area contributed by atoms with Gasteiger partial charge in [-0.3, -0.25) is 9.78 Å². The highest BCUT2D eigenvalue weighted by molar-refractivity contribution is 5.95. The van der Waals surface area contributed by atoms with Crippen LogP contribution in [-0.2, 0) is 11.0 Å². The normalized spacial score (nSPS) is 19.4. The van der Waals surface area contributed by atoms with Gasteiger partial charge in [-0.05, 0) is 42.2 Å². The second-order valence-electron chi connectivity index (χ2n) is 5.59. The van der Waals surface area contributed by atoms with Gasteiger partial charge in [0, 0.05) is 24.0 Å². The lowest BCUT2D eigenvalue weighted by molar-refractivity contribution is -0.137. The van der Waals surface area contributed by atoms with Crippen molar-refractivity contribution in [2.24, 2.45) is 5.92 Å². The average molecular weight is 331 g/mol. The number of hydrogen-bond acceptors (Lipinski definition) is 3. The van der Waals surface area contributed by atoms with E-state index in [1.54, 1.807) is 18.5 Å². The van der Waals surface area contributed by atoms with Crippen molar-refractivity contribution in [3.05, 3.63) is 59.4 Å². The molecule has 1 amide bonds. The molecule has 0 bridgehead atoms. The Hall–Kier alpha value is -2.88. The molecule has 1 heterocycles. The van der Waals surface area contributed by atoms with E-state index in [1.165, 1.54) is 12.1 Å². The third-order valence-corrected chi connectivity index (χ3v) is 3.95. The van der Waals surface area contributed by atoms with E-state index in [4.69, 9.17) is 5.26 Å². The highest BCUT2D eigenvalue weighted by Crippen LogP contribution is 2.47. The van der Waals surface area contributed by atoms with Gasteiger partial charge in [0.2, 0.25) is 5.91 Å². The van der Waals surface area contributed by atoms with Gasteiger partial charge >= 0.3 is 6.18 Å². The van der Waals surface area contributed by atoms with Gasteiger partial charge in [-0.25, -0.2) is 0 Å². The number of halogens is 3. The Morgan fingerprint density at radius 1 is 1.33 bits per heavy atom. The number of benzene rings is 1. The first-order chi connectivity index (χ1) is 11.4. The Morgan fingerprint density at radius 2 is 2.12 bits per heavy atom. The first-order valence-corrected chi connectivity index (χ1v) is 7.22. The summed E-state index contributed by atoms with van der Waals surface area (Å²) < 4.78 is 38.8.